The zero-order valence-corrected chi connectivity index (χ0v) is 15.1. The Labute approximate surface area is 142 Å². The molecule has 1 rings (SSSR count). The predicted molar refractivity (Wildman–Crippen MR) is 92.9 cm³/mol. The van der Waals surface area contributed by atoms with E-state index in [1.807, 2.05) is 26.8 Å². The molecule has 0 saturated carbocycles. The molecule has 0 saturated heterocycles. The quantitative estimate of drug-likeness (QED) is 0.748. The van der Waals surface area contributed by atoms with Gasteiger partial charge in [-0.2, -0.15) is 0 Å². The Morgan fingerprint density at radius 2 is 1.96 bits per heavy atom. The molecule has 0 heterocycles. The first kappa shape index (κ1) is 19.5. The highest BCUT2D eigenvalue weighted by molar-refractivity contribution is 6.34. The number of anilines is 1. The van der Waals surface area contributed by atoms with Crippen molar-refractivity contribution in [3.05, 3.63) is 28.3 Å². The van der Waals surface area contributed by atoms with E-state index < -0.39 is 5.54 Å². The van der Waals surface area contributed by atoms with Crippen molar-refractivity contribution >= 4 is 29.2 Å². The van der Waals surface area contributed by atoms with Crippen LogP contribution >= 0.6 is 11.6 Å². The third-order valence-corrected chi connectivity index (χ3v) is 4.02. The lowest BCUT2D eigenvalue weighted by Crippen LogP contribution is -2.52. The summed E-state index contributed by atoms with van der Waals surface area (Å²) in [5, 5.41) is 6.28. The number of carbonyl (C=O) groups is 2. The second-order valence-corrected chi connectivity index (χ2v) is 6.32. The summed E-state index contributed by atoms with van der Waals surface area (Å²) in [5.74, 6) is -0.637. The van der Waals surface area contributed by atoms with Crippen molar-refractivity contribution in [1.29, 1.82) is 0 Å². The van der Waals surface area contributed by atoms with Crippen LogP contribution < -0.4 is 10.6 Å². The second-order valence-electron chi connectivity index (χ2n) is 5.91. The van der Waals surface area contributed by atoms with E-state index in [1.54, 1.807) is 13.0 Å². The third kappa shape index (κ3) is 5.22. The zero-order valence-electron chi connectivity index (χ0n) is 14.4. The Morgan fingerprint density at radius 1 is 1.30 bits per heavy atom. The van der Waals surface area contributed by atoms with Gasteiger partial charge < -0.3 is 10.1 Å². The number of ether oxygens (including phenoxy) is 1. The summed E-state index contributed by atoms with van der Waals surface area (Å²) in [4.78, 5) is 24.1. The van der Waals surface area contributed by atoms with E-state index >= 15 is 0 Å². The Bertz CT molecular complexity index is 566. The van der Waals surface area contributed by atoms with E-state index in [9.17, 15) is 9.59 Å². The van der Waals surface area contributed by atoms with Crippen molar-refractivity contribution < 1.29 is 14.3 Å². The molecule has 0 aliphatic heterocycles. The number of benzene rings is 1. The van der Waals surface area contributed by atoms with Gasteiger partial charge in [0, 0.05) is 0 Å². The van der Waals surface area contributed by atoms with Gasteiger partial charge in [-0.05, 0) is 44.4 Å². The van der Waals surface area contributed by atoms with Gasteiger partial charge in [0.05, 0.1) is 24.4 Å². The number of methoxy groups -OCH3 is 1. The maximum absolute atomic E-state index is 12.2. The van der Waals surface area contributed by atoms with E-state index in [1.165, 1.54) is 7.11 Å². The molecule has 0 spiro atoms. The maximum Gasteiger partial charge on any atom is 0.325 e. The molecule has 0 aliphatic carbocycles. The van der Waals surface area contributed by atoms with Crippen molar-refractivity contribution in [2.24, 2.45) is 0 Å². The van der Waals surface area contributed by atoms with Gasteiger partial charge >= 0.3 is 5.97 Å². The fourth-order valence-corrected chi connectivity index (χ4v) is 2.89. The smallest absolute Gasteiger partial charge is 0.325 e. The minimum Gasteiger partial charge on any atom is -0.468 e. The van der Waals surface area contributed by atoms with Crippen LogP contribution in [0.3, 0.4) is 0 Å². The number of hydrogen-bond acceptors (Lipinski definition) is 4. The highest BCUT2D eigenvalue weighted by Gasteiger charge is 2.33. The molecule has 1 amide bonds. The molecule has 5 nitrogen and oxygen atoms in total. The minimum atomic E-state index is -0.882. The van der Waals surface area contributed by atoms with Crippen LogP contribution in [0.2, 0.25) is 5.02 Å². The largest absolute Gasteiger partial charge is 0.468 e. The van der Waals surface area contributed by atoms with Crippen molar-refractivity contribution in [2.75, 3.05) is 19.0 Å². The lowest BCUT2D eigenvalue weighted by molar-refractivity contribution is -0.148. The number of nitrogens with one attached hydrogen (secondary N) is 2. The maximum atomic E-state index is 12.2. The van der Waals surface area contributed by atoms with E-state index in [2.05, 4.69) is 10.6 Å². The Kier molecular flexibility index (Phi) is 7.03. The molecule has 23 heavy (non-hydrogen) atoms. The van der Waals surface area contributed by atoms with Crippen LogP contribution in [0.25, 0.3) is 0 Å². The zero-order chi connectivity index (χ0) is 17.6. The highest BCUT2D eigenvalue weighted by Crippen LogP contribution is 2.27. The number of amides is 1. The molecule has 6 heteroatoms. The second kappa shape index (κ2) is 8.31. The number of esters is 1. The van der Waals surface area contributed by atoms with Crippen LogP contribution in [0.1, 0.15) is 37.8 Å². The topological polar surface area (TPSA) is 67.4 Å². The molecule has 0 aliphatic rings. The lowest BCUT2D eigenvalue weighted by atomic mass is 9.96. The number of hydrogen-bond donors (Lipinski definition) is 2. The molecular weight excluding hydrogens is 316 g/mol. The fourth-order valence-electron chi connectivity index (χ4n) is 2.52. The summed E-state index contributed by atoms with van der Waals surface area (Å²) in [7, 11) is 1.34. The van der Waals surface area contributed by atoms with Crippen LogP contribution in [0.15, 0.2) is 12.1 Å². The average molecular weight is 341 g/mol. The number of rotatable bonds is 7. The van der Waals surface area contributed by atoms with Crippen molar-refractivity contribution in [1.82, 2.24) is 5.32 Å². The molecule has 0 fully saturated rings. The van der Waals surface area contributed by atoms with Gasteiger partial charge in [-0.25, -0.2) is 0 Å². The summed E-state index contributed by atoms with van der Waals surface area (Å²) in [6, 6.07) is 3.75. The van der Waals surface area contributed by atoms with E-state index in [0.29, 0.717) is 17.1 Å². The number of aryl methyl sites for hydroxylation is 2. The van der Waals surface area contributed by atoms with Gasteiger partial charge in [-0.3, -0.25) is 14.9 Å². The van der Waals surface area contributed by atoms with E-state index in [0.717, 1.165) is 17.5 Å². The monoisotopic (exact) mass is 340 g/mol. The molecule has 1 unspecified atom stereocenters. The standard InChI is InChI=1S/C17H25ClN2O3/c1-6-7-17(4,16(22)23-5)19-10-14(21)20-15-12(3)8-11(2)9-13(15)18/h8-9,19H,6-7,10H2,1-5H3,(H,20,21). The Balaban J connectivity index is 2.75. The molecule has 0 radical (unpaired) electrons. The first-order valence-corrected chi connectivity index (χ1v) is 8.01. The van der Waals surface area contributed by atoms with Crippen molar-refractivity contribution in [2.45, 2.75) is 46.1 Å². The minimum absolute atomic E-state index is 0.00472. The van der Waals surface area contributed by atoms with Gasteiger partial charge in [0.1, 0.15) is 5.54 Å². The van der Waals surface area contributed by atoms with Gasteiger partial charge in [0.25, 0.3) is 0 Å². The predicted octanol–water partition coefficient (Wildman–Crippen LogP) is 3.22. The van der Waals surface area contributed by atoms with E-state index in [4.69, 9.17) is 16.3 Å². The van der Waals surface area contributed by atoms with Crippen LogP contribution in [0.4, 0.5) is 5.69 Å². The number of halogens is 1. The summed E-state index contributed by atoms with van der Waals surface area (Å²) in [5.41, 5.74) is 1.64. The Morgan fingerprint density at radius 3 is 2.48 bits per heavy atom. The van der Waals surface area contributed by atoms with Gasteiger partial charge in [-0.1, -0.05) is 31.0 Å². The van der Waals surface area contributed by atoms with Gasteiger partial charge in [0.2, 0.25) is 5.91 Å². The molecule has 1 aromatic carbocycles. The fraction of sp³-hybridized carbons (Fsp3) is 0.529. The summed E-state index contributed by atoms with van der Waals surface area (Å²) in [6.07, 6.45) is 1.38. The molecule has 2 N–H and O–H groups in total. The van der Waals surface area contributed by atoms with Crippen molar-refractivity contribution in [3.63, 3.8) is 0 Å². The van der Waals surface area contributed by atoms with Gasteiger partial charge in [-0.15, -0.1) is 0 Å². The van der Waals surface area contributed by atoms with Crippen LogP contribution in [0, 0.1) is 13.8 Å². The van der Waals surface area contributed by atoms with E-state index in [-0.39, 0.29) is 18.4 Å². The molecule has 1 aromatic rings. The molecule has 128 valence electrons. The van der Waals surface area contributed by atoms with Gasteiger partial charge in [0.15, 0.2) is 0 Å². The molecule has 1 atom stereocenters. The van der Waals surface area contributed by atoms with Crippen LogP contribution in [0.5, 0.6) is 0 Å². The highest BCUT2D eigenvalue weighted by atomic mass is 35.5. The molecule has 0 aromatic heterocycles. The average Bonchev–Trinajstić information content (AvgIpc) is 2.48. The number of carbonyl (C=O) groups excluding carboxylic acids is 2. The first-order valence-electron chi connectivity index (χ1n) is 7.63. The van der Waals surface area contributed by atoms with Crippen LogP contribution in [-0.2, 0) is 14.3 Å². The molecular formula is C17H25ClN2O3. The summed E-state index contributed by atoms with van der Waals surface area (Å²) < 4.78 is 4.82. The molecule has 0 bridgehead atoms. The first-order chi connectivity index (χ1) is 10.7. The van der Waals surface area contributed by atoms with Crippen molar-refractivity contribution in [3.8, 4) is 0 Å². The normalized spacial score (nSPS) is 13.3. The van der Waals surface area contributed by atoms with Crippen LogP contribution in [-0.4, -0.2) is 31.1 Å². The Hall–Kier alpha value is -1.59. The third-order valence-electron chi connectivity index (χ3n) is 3.72. The summed E-state index contributed by atoms with van der Waals surface area (Å²) >= 11 is 6.18. The summed E-state index contributed by atoms with van der Waals surface area (Å²) in [6.45, 7) is 7.53. The lowest BCUT2D eigenvalue weighted by Gasteiger charge is -2.27. The SMILES string of the molecule is CCCC(C)(NCC(=O)Nc1c(C)cc(C)cc1Cl)C(=O)OC.